The van der Waals surface area contributed by atoms with E-state index in [9.17, 15) is 0 Å². The highest BCUT2D eigenvalue weighted by molar-refractivity contribution is 6.33. The lowest BCUT2D eigenvalue weighted by Crippen LogP contribution is -2.24. The van der Waals surface area contributed by atoms with Crippen LogP contribution in [0.4, 0.5) is 5.69 Å². The van der Waals surface area contributed by atoms with Gasteiger partial charge in [-0.3, -0.25) is 0 Å². The van der Waals surface area contributed by atoms with Crippen molar-refractivity contribution >= 4 is 17.3 Å². The van der Waals surface area contributed by atoms with E-state index in [0.29, 0.717) is 5.92 Å². The maximum Gasteiger partial charge on any atom is 0.0642 e. The van der Waals surface area contributed by atoms with E-state index < -0.39 is 0 Å². The van der Waals surface area contributed by atoms with Crippen LogP contribution in [0.15, 0.2) is 18.2 Å². The zero-order valence-electron chi connectivity index (χ0n) is 11.2. The first-order chi connectivity index (χ1) is 7.95. The van der Waals surface area contributed by atoms with E-state index >= 15 is 0 Å². The summed E-state index contributed by atoms with van der Waals surface area (Å²) < 4.78 is 0. The fourth-order valence-corrected chi connectivity index (χ4v) is 2.14. The predicted molar refractivity (Wildman–Crippen MR) is 76.8 cm³/mol. The molecular formula is C14H23ClN2. The normalized spacial score (nSPS) is 14.5. The molecule has 0 amide bonds. The zero-order valence-corrected chi connectivity index (χ0v) is 12.0. The maximum absolute atomic E-state index is 6.30. The quantitative estimate of drug-likeness (QED) is 0.865. The Bertz CT molecular complexity index is 363. The van der Waals surface area contributed by atoms with Crippen molar-refractivity contribution in [2.75, 3.05) is 18.5 Å². The van der Waals surface area contributed by atoms with Crippen LogP contribution in [0.25, 0.3) is 0 Å². The highest BCUT2D eigenvalue weighted by Crippen LogP contribution is 2.28. The van der Waals surface area contributed by atoms with Crippen LogP contribution in [-0.2, 0) is 0 Å². The van der Waals surface area contributed by atoms with Crippen molar-refractivity contribution in [1.82, 2.24) is 0 Å². The first kappa shape index (κ1) is 14.3. The largest absolute Gasteiger partial charge is 0.373 e. The van der Waals surface area contributed by atoms with Gasteiger partial charge in [0.1, 0.15) is 0 Å². The molecule has 0 fully saturated rings. The number of halogens is 1. The van der Waals surface area contributed by atoms with Gasteiger partial charge < -0.3 is 10.6 Å². The van der Waals surface area contributed by atoms with Crippen molar-refractivity contribution in [1.29, 1.82) is 0 Å². The number of nitrogens with zero attached hydrogens (tertiary/aromatic N) is 1. The first-order valence-corrected chi connectivity index (χ1v) is 6.59. The Morgan fingerprint density at radius 1 is 1.35 bits per heavy atom. The molecule has 0 bridgehead atoms. The average Bonchev–Trinajstić information content (AvgIpc) is 2.28. The fourth-order valence-electron chi connectivity index (χ4n) is 1.81. The third-order valence-corrected chi connectivity index (χ3v) is 3.49. The Labute approximate surface area is 110 Å². The van der Waals surface area contributed by atoms with Crippen LogP contribution >= 0.6 is 11.6 Å². The summed E-state index contributed by atoms with van der Waals surface area (Å²) in [5, 5.41) is 0.783. The third-order valence-electron chi connectivity index (χ3n) is 3.19. The lowest BCUT2D eigenvalue weighted by Gasteiger charge is -2.24. The maximum atomic E-state index is 6.30. The highest BCUT2D eigenvalue weighted by atomic mass is 35.5. The second kappa shape index (κ2) is 6.27. The van der Waals surface area contributed by atoms with Crippen LogP contribution in [0.1, 0.15) is 38.8 Å². The molecule has 1 unspecified atom stereocenters. The topological polar surface area (TPSA) is 29.3 Å². The molecule has 2 N–H and O–H groups in total. The molecule has 2 nitrogen and oxygen atoms in total. The minimum atomic E-state index is 0.0291. The number of rotatable bonds is 5. The molecule has 1 aromatic carbocycles. The van der Waals surface area contributed by atoms with E-state index in [-0.39, 0.29) is 6.04 Å². The number of benzene rings is 1. The molecule has 0 aliphatic heterocycles. The van der Waals surface area contributed by atoms with E-state index in [1.165, 1.54) is 6.42 Å². The van der Waals surface area contributed by atoms with Gasteiger partial charge in [0.2, 0.25) is 0 Å². The van der Waals surface area contributed by atoms with Gasteiger partial charge >= 0.3 is 0 Å². The van der Waals surface area contributed by atoms with Gasteiger partial charge in [-0.15, -0.1) is 0 Å². The Hall–Kier alpha value is -0.730. The van der Waals surface area contributed by atoms with Gasteiger partial charge in [-0.2, -0.15) is 0 Å². The SMILES string of the molecule is CCC(C)CN(C)c1ccc([C@H](C)N)cc1Cl. The van der Waals surface area contributed by atoms with Crippen molar-refractivity contribution in [2.45, 2.75) is 33.2 Å². The van der Waals surface area contributed by atoms with E-state index in [1.807, 2.05) is 13.0 Å². The van der Waals surface area contributed by atoms with Gasteiger partial charge in [0.15, 0.2) is 0 Å². The van der Waals surface area contributed by atoms with Crippen LogP contribution in [0, 0.1) is 5.92 Å². The molecule has 1 aromatic rings. The number of nitrogens with two attached hydrogens (primary N) is 1. The van der Waals surface area contributed by atoms with E-state index in [4.69, 9.17) is 17.3 Å². The minimum absolute atomic E-state index is 0.0291. The van der Waals surface area contributed by atoms with Crippen LogP contribution in [-0.4, -0.2) is 13.6 Å². The second-order valence-electron chi connectivity index (χ2n) is 4.89. The second-order valence-corrected chi connectivity index (χ2v) is 5.30. The molecule has 96 valence electrons. The Morgan fingerprint density at radius 3 is 2.47 bits per heavy atom. The molecule has 0 spiro atoms. The van der Waals surface area contributed by atoms with Crippen molar-refractivity contribution in [3.05, 3.63) is 28.8 Å². The molecule has 2 atom stereocenters. The Balaban J connectivity index is 2.84. The first-order valence-electron chi connectivity index (χ1n) is 6.21. The summed E-state index contributed by atoms with van der Waals surface area (Å²) in [6.45, 7) is 7.45. The molecule has 0 saturated carbocycles. The van der Waals surface area contributed by atoms with Gasteiger partial charge in [-0.05, 0) is 30.5 Å². The zero-order chi connectivity index (χ0) is 13.0. The average molecular weight is 255 g/mol. The van der Waals surface area contributed by atoms with Crippen molar-refractivity contribution < 1.29 is 0 Å². The van der Waals surface area contributed by atoms with Gasteiger partial charge in [0.25, 0.3) is 0 Å². The van der Waals surface area contributed by atoms with Crippen molar-refractivity contribution in [3.8, 4) is 0 Å². The molecule has 0 saturated heterocycles. The van der Waals surface area contributed by atoms with Crippen molar-refractivity contribution in [2.24, 2.45) is 11.7 Å². The van der Waals surface area contributed by atoms with Crippen molar-refractivity contribution in [3.63, 3.8) is 0 Å². The lowest BCUT2D eigenvalue weighted by molar-refractivity contribution is 0.560. The molecule has 1 rings (SSSR count). The number of anilines is 1. The molecule has 0 aliphatic carbocycles. The molecule has 0 radical (unpaired) electrons. The molecular weight excluding hydrogens is 232 g/mol. The molecule has 3 heteroatoms. The number of hydrogen-bond acceptors (Lipinski definition) is 2. The Morgan fingerprint density at radius 2 is 2.00 bits per heavy atom. The summed E-state index contributed by atoms with van der Waals surface area (Å²) in [5.74, 6) is 0.671. The van der Waals surface area contributed by atoms with Gasteiger partial charge in [-0.1, -0.05) is 37.9 Å². The smallest absolute Gasteiger partial charge is 0.0642 e. The van der Waals surface area contributed by atoms with E-state index in [1.54, 1.807) is 0 Å². The fraction of sp³-hybridized carbons (Fsp3) is 0.571. The van der Waals surface area contributed by atoms with Crippen LogP contribution in [0.3, 0.4) is 0 Å². The highest BCUT2D eigenvalue weighted by Gasteiger charge is 2.10. The van der Waals surface area contributed by atoms with Gasteiger partial charge in [0, 0.05) is 19.6 Å². The van der Waals surface area contributed by atoms with Crippen LogP contribution < -0.4 is 10.6 Å². The summed E-state index contributed by atoms with van der Waals surface area (Å²) in [6.07, 6.45) is 1.18. The van der Waals surface area contributed by atoms with E-state index in [0.717, 1.165) is 22.8 Å². The lowest BCUT2D eigenvalue weighted by atomic mass is 10.1. The van der Waals surface area contributed by atoms with Crippen LogP contribution in [0.2, 0.25) is 5.02 Å². The van der Waals surface area contributed by atoms with Gasteiger partial charge in [-0.25, -0.2) is 0 Å². The summed E-state index contributed by atoms with van der Waals surface area (Å²) in [4.78, 5) is 2.21. The predicted octanol–water partition coefficient (Wildman–Crippen LogP) is 3.84. The summed E-state index contributed by atoms with van der Waals surface area (Å²) in [7, 11) is 2.08. The monoisotopic (exact) mass is 254 g/mol. The standard InChI is InChI=1S/C14H23ClN2/c1-5-10(2)9-17(4)14-7-6-12(11(3)16)8-13(14)15/h6-8,10-11H,5,9,16H2,1-4H3/t10?,11-/m0/s1. The van der Waals surface area contributed by atoms with Crippen LogP contribution in [0.5, 0.6) is 0 Å². The number of hydrogen-bond donors (Lipinski definition) is 1. The van der Waals surface area contributed by atoms with Gasteiger partial charge in [0.05, 0.1) is 10.7 Å². The molecule has 17 heavy (non-hydrogen) atoms. The van der Waals surface area contributed by atoms with E-state index in [2.05, 4.69) is 37.9 Å². The molecule has 0 heterocycles. The molecule has 0 aliphatic rings. The summed E-state index contributed by atoms with van der Waals surface area (Å²) in [6, 6.07) is 6.11. The summed E-state index contributed by atoms with van der Waals surface area (Å²) >= 11 is 6.30. The Kier molecular flexibility index (Phi) is 5.29. The molecule has 0 aromatic heterocycles. The summed E-state index contributed by atoms with van der Waals surface area (Å²) in [5.41, 5.74) is 8.00. The minimum Gasteiger partial charge on any atom is -0.373 e. The third kappa shape index (κ3) is 3.90.